The molecule has 0 aliphatic carbocycles. The maximum Gasteiger partial charge on any atom is 0.410 e. The number of H-pyrrole nitrogens is 1. The molecular formula is C16H19FN2O3. The Morgan fingerprint density at radius 1 is 1.32 bits per heavy atom. The van der Waals surface area contributed by atoms with Gasteiger partial charge in [0.15, 0.2) is 5.78 Å². The highest BCUT2D eigenvalue weighted by Gasteiger charge is 2.22. The van der Waals surface area contributed by atoms with Crippen molar-refractivity contribution >= 4 is 22.8 Å². The summed E-state index contributed by atoms with van der Waals surface area (Å²) in [4.78, 5) is 28.3. The smallest absolute Gasteiger partial charge is 0.410 e. The topological polar surface area (TPSA) is 62.4 Å². The Balaban J connectivity index is 2.14. The molecule has 1 heterocycles. The molecule has 0 atom stereocenters. The number of ketones is 1. The minimum atomic E-state index is -0.627. The molecule has 0 radical (unpaired) electrons. The van der Waals surface area contributed by atoms with Gasteiger partial charge in [-0.15, -0.1) is 0 Å². The van der Waals surface area contributed by atoms with Gasteiger partial charge in [-0.25, -0.2) is 9.18 Å². The lowest BCUT2D eigenvalue weighted by Gasteiger charge is -2.24. The molecule has 22 heavy (non-hydrogen) atoms. The van der Waals surface area contributed by atoms with Crippen molar-refractivity contribution in [1.29, 1.82) is 0 Å². The molecule has 0 aliphatic heterocycles. The Morgan fingerprint density at radius 2 is 2.00 bits per heavy atom. The largest absolute Gasteiger partial charge is 0.444 e. The van der Waals surface area contributed by atoms with Crippen molar-refractivity contribution in [3.8, 4) is 0 Å². The van der Waals surface area contributed by atoms with Gasteiger partial charge in [0.2, 0.25) is 0 Å². The van der Waals surface area contributed by atoms with Crippen molar-refractivity contribution in [2.24, 2.45) is 0 Å². The summed E-state index contributed by atoms with van der Waals surface area (Å²) in [5, 5.41) is 0.502. The predicted molar refractivity (Wildman–Crippen MR) is 81.5 cm³/mol. The molecule has 0 saturated heterocycles. The Morgan fingerprint density at radius 3 is 2.64 bits per heavy atom. The first kappa shape index (κ1) is 16.0. The van der Waals surface area contributed by atoms with Gasteiger partial charge in [0.25, 0.3) is 0 Å². The van der Waals surface area contributed by atoms with E-state index in [0.717, 1.165) is 0 Å². The number of rotatable bonds is 3. The fourth-order valence-corrected chi connectivity index (χ4v) is 2.03. The number of aromatic amines is 1. The lowest BCUT2D eigenvalue weighted by atomic mass is 10.1. The van der Waals surface area contributed by atoms with Crippen molar-refractivity contribution in [2.75, 3.05) is 13.6 Å². The zero-order valence-electron chi connectivity index (χ0n) is 13.1. The van der Waals surface area contributed by atoms with E-state index >= 15 is 0 Å². The van der Waals surface area contributed by atoms with Crippen LogP contribution in [-0.2, 0) is 4.74 Å². The van der Waals surface area contributed by atoms with Crippen LogP contribution in [0.1, 0.15) is 31.1 Å². The van der Waals surface area contributed by atoms with Gasteiger partial charge in [0.1, 0.15) is 11.4 Å². The highest BCUT2D eigenvalue weighted by atomic mass is 19.1. The number of aromatic nitrogens is 1. The molecule has 6 heteroatoms. The van der Waals surface area contributed by atoms with Crippen LogP contribution in [0.4, 0.5) is 9.18 Å². The zero-order valence-corrected chi connectivity index (χ0v) is 13.1. The van der Waals surface area contributed by atoms with Gasteiger partial charge in [-0.2, -0.15) is 0 Å². The number of hydrogen-bond acceptors (Lipinski definition) is 3. The third-order valence-corrected chi connectivity index (χ3v) is 3.03. The summed E-state index contributed by atoms with van der Waals surface area (Å²) in [6.07, 6.45) is 0.946. The van der Waals surface area contributed by atoms with E-state index < -0.39 is 17.5 Å². The van der Waals surface area contributed by atoms with Gasteiger partial charge >= 0.3 is 6.09 Å². The number of halogens is 1. The molecule has 0 saturated carbocycles. The number of carbonyl (C=O) groups is 2. The summed E-state index contributed by atoms with van der Waals surface area (Å²) >= 11 is 0. The van der Waals surface area contributed by atoms with Crippen LogP contribution in [0.15, 0.2) is 24.4 Å². The molecule has 1 aromatic carbocycles. The maximum atomic E-state index is 13.3. The number of benzene rings is 1. The number of ether oxygens (including phenoxy) is 1. The monoisotopic (exact) mass is 306 g/mol. The molecule has 1 aromatic heterocycles. The van der Waals surface area contributed by atoms with E-state index in [2.05, 4.69) is 4.98 Å². The average Bonchev–Trinajstić information content (AvgIpc) is 2.79. The lowest BCUT2D eigenvalue weighted by Crippen LogP contribution is -2.37. The van der Waals surface area contributed by atoms with Gasteiger partial charge < -0.3 is 14.6 Å². The molecule has 1 amide bonds. The summed E-state index contributed by atoms with van der Waals surface area (Å²) < 4.78 is 18.5. The number of fused-ring (bicyclic) bond motifs is 1. The predicted octanol–water partition coefficient (Wildman–Crippen LogP) is 3.36. The molecule has 0 aliphatic rings. The lowest BCUT2D eigenvalue weighted by molar-refractivity contribution is 0.0295. The van der Waals surface area contributed by atoms with E-state index in [1.54, 1.807) is 26.8 Å². The summed E-state index contributed by atoms with van der Waals surface area (Å²) in [5.74, 6) is -0.702. The standard InChI is InChI=1S/C16H19FN2O3/c1-16(2,3)22-15(21)19(4)9-14(20)12-8-18-13-6-5-10(17)7-11(12)13/h5-8,18H,9H2,1-4H3. The van der Waals surface area contributed by atoms with Crippen molar-refractivity contribution in [1.82, 2.24) is 9.88 Å². The van der Waals surface area contributed by atoms with Gasteiger partial charge in [-0.1, -0.05) is 0 Å². The first-order chi connectivity index (χ1) is 10.2. The van der Waals surface area contributed by atoms with Gasteiger partial charge in [-0.05, 0) is 39.0 Å². The highest BCUT2D eigenvalue weighted by molar-refractivity contribution is 6.09. The molecule has 5 nitrogen and oxygen atoms in total. The van der Waals surface area contributed by atoms with E-state index in [9.17, 15) is 14.0 Å². The second-order valence-corrected chi connectivity index (χ2v) is 6.15. The summed E-state index contributed by atoms with van der Waals surface area (Å²) in [7, 11) is 1.49. The van der Waals surface area contributed by atoms with E-state index in [4.69, 9.17) is 4.74 Å². The summed E-state index contributed by atoms with van der Waals surface area (Å²) in [5.41, 5.74) is 0.396. The van der Waals surface area contributed by atoms with Gasteiger partial charge in [0, 0.05) is 29.7 Å². The van der Waals surface area contributed by atoms with Crippen LogP contribution in [-0.4, -0.2) is 41.0 Å². The molecule has 2 aromatic rings. The number of likely N-dealkylation sites (N-methyl/N-ethyl adjacent to an activating group) is 1. The minimum absolute atomic E-state index is 0.140. The zero-order chi connectivity index (χ0) is 16.5. The number of nitrogens with one attached hydrogen (secondary N) is 1. The highest BCUT2D eigenvalue weighted by Crippen LogP contribution is 2.20. The number of carbonyl (C=O) groups excluding carboxylic acids is 2. The van der Waals surface area contributed by atoms with E-state index in [1.807, 2.05) is 0 Å². The number of Topliss-reactive ketones (excluding diaryl/α,β-unsaturated/α-hetero) is 1. The van der Waals surface area contributed by atoms with Crippen LogP contribution < -0.4 is 0 Å². The molecule has 118 valence electrons. The molecule has 0 fully saturated rings. The summed E-state index contributed by atoms with van der Waals surface area (Å²) in [6, 6.07) is 4.19. The third kappa shape index (κ3) is 3.63. The second kappa shape index (κ2) is 5.79. The Hall–Kier alpha value is -2.37. The quantitative estimate of drug-likeness (QED) is 0.884. The van der Waals surface area contributed by atoms with Gasteiger partial charge in [0.05, 0.1) is 6.54 Å². The van der Waals surface area contributed by atoms with Crippen molar-refractivity contribution < 1.29 is 18.7 Å². The van der Waals surface area contributed by atoms with E-state index in [-0.39, 0.29) is 12.3 Å². The first-order valence-corrected chi connectivity index (χ1v) is 6.91. The fourth-order valence-electron chi connectivity index (χ4n) is 2.03. The van der Waals surface area contributed by atoms with E-state index in [0.29, 0.717) is 16.5 Å². The molecule has 0 bridgehead atoms. The minimum Gasteiger partial charge on any atom is -0.444 e. The summed E-state index contributed by atoms with van der Waals surface area (Å²) in [6.45, 7) is 5.12. The fraction of sp³-hybridized carbons (Fsp3) is 0.375. The van der Waals surface area contributed by atoms with Crippen LogP contribution in [0.2, 0.25) is 0 Å². The number of amides is 1. The molecule has 0 unspecified atom stereocenters. The average molecular weight is 306 g/mol. The number of hydrogen-bond donors (Lipinski definition) is 1. The third-order valence-electron chi connectivity index (χ3n) is 3.03. The van der Waals surface area contributed by atoms with Crippen LogP contribution in [0, 0.1) is 5.82 Å². The Kier molecular flexibility index (Phi) is 4.21. The first-order valence-electron chi connectivity index (χ1n) is 6.91. The van der Waals surface area contributed by atoms with Crippen LogP contribution in [0.25, 0.3) is 10.9 Å². The Labute approximate surface area is 128 Å². The maximum absolute atomic E-state index is 13.3. The number of nitrogens with zero attached hydrogens (tertiary/aromatic N) is 1. The van der Waals surface area contributed by atoms with Crippen LogP contribution in [0.3, 0.4) is 0 Å². The van der Waals surface area contributed by atoms with Crippen molar-refractivity contribution in [3.63, 3.8) is 0 Å². The SMILES string of the molecule is CN(CC(=O)c1c[nH]c2ccc(F)cc12)C(=O)OC(C)(C)C. The van der Waals surface area contributed by atoms with E-state index in [1.165, 1.54) is 30.3 Å². The van der Waals surface area contributed by atoms with Gasteiger partial charge in [-0.3, -0.25) is 4.79 Å². The second-order valence-electron chi connectivity index (χ2n) is 6.15. The molecule has 1 N–H and O–H groups in total. The molecule has 2 rings (SSSR count). The molecular weight excluding hydrogens is 287 g/mol. The van der Waals surface area contributed by atoms with Crippen molar-refractivity contribution in [3.05, 3.63) is 35.8 Å². The van der Waals surface area contributed by atoms with Crippen molar-refractivity contribution in [2.45, 2.75) is 26.4 Å². The Bertz CT molecular complexity index is 716. The van der Waals surface area contributed by atoms with Crippen LogP contribution >= 0.6 is 0 Å². The van der Waals surface area contributed by atoms with Crippen LogP contribution in [0.5, 0.6) is 0 Å². The molecule has 0 spiro atoms. The normalized spacial score (nSPS) is 11.5.